The predicted octanol–water partition coefficient (Wildman–Crippen LogP) is 5.46. The van der Waals surface area contributed by atoms with Crippen LogP contribution < -0.4 is 0 Å². The van der Waals surface area contributed by atoms with Crippen molar-refractivity contribution in [3.63, 3.8) is 0 Å². The van der Waals surface area contributed by atoms with Crippen LogP contribution in [0.3, 0.4) is 0 Å². The first kappa shape index (κ1) is 13.7. The number of hydrogen-bond donors (Lipinski definition) is 0. The third-order valence-electron chi connectivity index (χ3n) is 2.36. The average molecular weight is 342 g/mol. The van der Waals surface area contributed by atoms with Crippen LogP contribution >= 0.6 is 39.3 Å². The van der Waals surface area contributed by atoms with Crippen molar-refractivity contribution in [1.82, 2.24) is 0 Å². The van der Waals surface area contributed by atoms with Crippen molar-refractivity contribution >= 4 is 45.1 Å². The molecule has 0 amide bonds. The van der Waals surface area contributed by atoms with E-state index in [0.29, 0.717) is 5.02 Å². The summed E-state index contributed by atoms with van der Waals surface area (Å²) in [5.74, 6) is 0.0627. The van der Waals surface area contributed by atoms with E-state index in [2.05, 4.69) is 15.9 Å². The molecule has 0 aliphatic heterocycles. The quantitative estimate of drug-likeness (QED) is 0.690. The lowest BCUT2D eigenvalue weighted by atomic mass is 10.1. The highest BCUT2D eigenvalue weighted by Crippen LogP contribution is 2.32. The minimum atomic E-state index is 0.0627. The van der Waals surface area contributed by atoms with Crippen molar-refractivity contribution < 1.29 is 4.79 Å². The Morgan fingerprint density at radius 1 is 1.17 bits per heavy atom. The molecule has 2 aromatic rings. The van der Waals surface area contributed by atoms with Gasteiger partial charge in [0.15, 0.2) is 5.78 Å². The van der Waals surface area contributed by atoms with Gasteiger partial charge in [0.25, 0.3) is 0 Å². The molecule has 0 radical (unpaired) electrons. The Morgan fingerprint density at radius 3 is 2.44 bits per heavy atom. The Balaban J connectivity index is 2.34. The Morgan fingerprint density at radius 2 is 1.83 bits per heavy atom. The maximum Gasteiger partial charge on any atom is 0.160 e. The summed E-state index contributed by atoms with van der Waals surface area (Å²) in [4.78, 5) is 13.6. The highest BCUT2D eigenvalue weighted by Gasteiger charge is 2.09. The van der Waals surface area contributed by atoms with Crippen LogP contribution in [0.15, 0.2) is 56.7 Å². The van der Waals surface area contributed by atoms with E-state index >= 15 is 0 Å². The molecular weight excluding hydrogens is 332 g/mol. The second-order valence-corrected chi connectivity index (χ2v) is 6.22. The molecular formula is C14H10BrClOS. The predicted molar refractivity (Wildman–Crippen MR) is 79.7 cm³/mol. The van der Waals surface area contributed by atoms with Gasteiger partial charge in [-0.25, -0.2) is 0 Å². The van der Waals surface area contributed by atoms with Crippen LogP contribution in [0.4, 0.5) is 0 Å². The van der Waals surface area contributed by atoms with Crippen LogP contribution in [0.1, 0.15) is 17.3 Å². The molecule has 0 fully saturated rings. The van der Waals surface area contributed by atoms with Crippen molar-refractivity contribution in [2.24, 2.45) is 0 Å². The number of halogens is 2. The molecule has 0 aromatic heterocycles. The molecule has 4 heteroatoms. The smallest absolute Gasteiger partial charge is 0.160 e. The molecule has 2 aromatic carbocycles. The van der Waals surface area contributed by atoms with Gasteiger partial charge in [0.2, 0.25) is 0 Å². The van der Waals surface area contributed by atoms with Crippen LogP contribution in [0, 0.1) is 0 Å². The summed E-state index contributed by atoms with van der Waals surface area (Å²) >= 11 is 10.8. The van der Waals surface area contributed by atoms with Crippen molar-refractivity contribution in [1.29, 1.82) is 0 Å². The fourth-order valence-corrected chi connectivity index (χ4v) is 2.96. The zero-order valence-corrected chi connectivity index (χ0v) is 12.8. The van der Waals surface area contributed by atoms with Gasteiger partial charge in [0.1, 0.15) is 0 Å². The minimum absolute atomic E-state index is 0.0627. The second-order valence-electron chi connectivity index (χ2n) is 3.75. The van der Waals surface area contributed by atoms with Gasteiger partial charge in [-0.15, -0.1) is 0 Å². The standard InChI is InChI=1S/C14H10BrClOS/c1-9(17)13-8-10(15)2-7-14(13)18-12-5-3-11(16)4-6-12/h2-8H,1H3. The zero-order valence-electron chi connectivity index (χ0n) is 9.61. The van der Waals surface area contributed by atoms with Gasteiger partial charge in [-0.2, -0.15) is 0 Å². The van der Waals surface area contributed by atoms with Gasteiger partial charge < -0.3 is 0 Å². The first-order valence-electron chi connectivity index (χ1n) is 5.30. The number of carbonyl (C=O) groups is 1. The van der Waals surface area contributed by atoms with E-state index in [1.165, 1.54) is 0 Å². The monoisotopic (exact) mass is 340 g/mol. The summed E-state index contributed by atoms with van der Waals surface area (Å²) in [6, 6.07) is 13.3. The molecule has 0 bridgehead atoms. The molecule has 0 saturated carbocycles. The summed E-state index contributed by atoms with van der Waals surface area (Å²) in [7, 11) is 0. The highest BCUT2D eigenvalue weighted by molar-refractivity contribution is 9.10. The maximum absolute atomic E-state index is 11.6. The zero-order chi connectivity index (χ0) is 13.1. The van der Waals surface area contributed by atoms with Crippen LogP contribution in [-0.2, 0) is 0 Å². The van der Waals surface area contributed by atoms with Gasteiger partial charge in [-0.1, -0.05) is 39.3 Å². The van der Waals surface area contributed by atoms with E-state index in [0.717, 1.165) is 19.8 Å². The lowest BCUT2D eigenvalue weighted by Crippen LogP contribution is -1.94. The van der Waals surface area contributed by atoms with Gasteiger partial charge >= 0.3 is 0 Å². The largest absolute Gasteiger partial charge is 0.294 e. The number of hydrogen-bond acceptors (Lipinski definition) is 2. The molecule has 0 aliphatic rings. The van der Waals surface area contributed by atoms with Gasteiger partial charge in [-0.05, 0) is 49.4 Å². The molecule has 0 unspecified atom stereocenters. The molecule has 0 atom stereocenters. The second kappa shape index (κ2) is 5.91. The van der Waals surface area contributed by atoms with Crippen LogP contribution in [0.25, 0.3) is 0 Å². The van der Waals surface area contributed by atoms with E-state index in [9.17, 15) is 4.79 Å². The number of carbonyl (C=O) groups excluding carboxylic acids is 1. The molecule has 92 valence electrons. The Kier molecular flexibility index (Phi) is 4.49. The van der Waals surface area contributed by atoms with Crippen LogP contribution in [0.2, 0.25) is 5.02 Å². The lowest BCUT2D eigenvalue weighted by Gasteiger charge is -2.07. The van der Waals surface area contributed by atoms with E-state index in [1.807, 2.05) is 42.5 Å². The fourth-order valence-electron chi connectivity index (χ4n) is 1.50. The molecule has 0 N–H and O–H groups in total. The number of Topliss-reactive ketones (excluding diaryl/α,β-unsaturated/α-hetero) is 1. The van der Waals surface area contributed by atoms with Gasteiger partial charge in [0.05, 0.1) is 0 Å². The van der Waals surface area contributed by atoms with Crippen molar-refractivity contribution in [2.75, 3.05) is 0 Å². The first-order valence-corrected chi connectivity index (χ1v) is 7.29. The van der Waals surface area contributed by atoms with E-state index in [4.69, 9.17) is 11.6 Å². The molecule has 2 rings (SSSR count). The molecule has 0 heterocycles. The number of benzene rings is 2. The van der Waals surface area contributed by atoms with E-state index in [-0.39, 0.29) is 5.78 Å². The summed E-state index contributed by atoms with van der Waals surface area (Å²) in [6.07, 6.45) is 0. The van der Waals surface area contributed by atoms with Crippen molar-refractivity contribution in [3.05, 3.63) is 57.5 Å². The maximum atomic E-state index is 11.6. The fraction of sp³-hybridized carbons (Fsp3) is 0.0714. The van der Waals surface area contributed by atoms with Crippen LogP contribution in [-0.4, -0.2) is 5.78 Å². The topological polar surface area (TPSA) is 17.1 Å². The molecule has 1 nitrogen and oxygen atoms in total. The average Bonchev–Trinajstić information content (AvgIpc) is 2.34. The summed E-state index contributed by atoms with van der Waals surface area (Å²) in [5, 5.41) is 0.710. The summed E-state index contributed by atoms with van der Waals surface area (Å²) in [6.45, 7) is 1.58. The van der Waals surface area contributed by atoms with Gasteiger partial charge in [-0.3, -0.25) is 4.79 Å². The van der Waals surface area contributed by atoms with Crippen molar-refractivity contribution in [3.8, 4) is 0 Å². The summed E-state index contributed by atoms with van der Waals surface area (Å²) in [5.41, 5.74) is 0.726. The third kappa shape index (κ3) is 3.37. The molecule has 0 aliphatic carbocycles. The Bertz CT molecular complexity index is 581. The highest BCUT2D eigenvalue weighted by atomic mass is 79.9. The normalized spacial score (nSPS) is 10.4. The number of rotatable bonds is 3. The number of ketones is 1. The third-order valence-corrected chi connectivity index (χ3v) is 4.19. The van der Waals surface area contributed by atoms with Crippen molar-refractivity contribution in [2.45, 2.75) is 16.7 Å². The SMILES string of the molecule is CC(=O)c1cc(Br)ccc1Sc1ccc(Cl)cc1. The molecule has 18 heavy (non-hydrogen) atoms. The molecule has 0 spiro atoms. The Hall–Kier alpha value is -0.770. The molecule has 0 saturated heterocycles. The minimum Gasteiger partial charge on any atom is -0.294 e. The Labute approximate surface area is 124 Å². The van der Waals surface area contributed by atoms with E-state index in [1.54, 1.807) is 18.7 Å². The van der Waals surface area contributed by atoms with Crippen LogP contribution in [0.5, 0.6) is 0 Å². The first-order chi connectivity index (χ1) is 8.56. The lowest BCUT2D eigenvalue weighted by molar-refractivity contribution is 0.101. The summed E-state index contributed by atoms with van der Waals surface area (Å²) < 4.78 is 0.910. The van der Waals surface area contributed by atoms with Gasteiger partial charge in [0, 0.05) is 24.8 Å². The van der Waals surface area contributed by atoms with E-state index < -0.39 is 0 Å².